The number of ether oxygens (including phenoxy) is 2. The Kier molecular flexibility index (Phi) is 5.98. The summed E-state index contributed by atoms with van der Waals surface area (Å²) in [6.45, 7) is 1.81. The molecule has 0 spiro atoms. The summed E-state index contributed by atoms with van der Waals surface area (Å²) in [7, 11) is 3.03. The molecule has 2 N–H and O–H groups in total. The lowest BCUT2D eigenvalue weighted by Gasteiger charge is -2.10. The van der Waals surface area contributed by atoms with Gasteiger partial charge in [-0.15, -0.1) is 11.3 Å². The number of fused-ring (bicyclic) bond motifs is 1. The van der Waals surface area contributed by atoms with Crippen LogP contribution in [-0.4, -0.2) is 43.3 Å². The Bertz CT molecular complexity index is 880. The van der Waals surface area contributed by atoms with Gasteiger partial charge in [0.25, 0.3) is 0 Å². The molecule has 136 valence electrons. The molecule has 1 aromatic carbocycles. The first-order chi connectivity index (χ1) is 12.7. The van der Waals surface area contributed by atoms with E-state index in [4.69, 9.17) is 9.47 Å². The molecule has 0 saturated carbocycles. The van der Waals surface area contributed by atoms with Gasteiger partial charge in [-0.25, -0.2) is 9.78 Å². The van der Waals surface area contributed by atoms with E-state index >= 15 is 0 Å². The Morgan fingerprint density at radius 2 is 1.92 bits per heavy atom. The third kappa shape index (κ3) is 4.27. The van der Waals surface area contributed by atoms with Gasteiger partial charge < -0.3 is 20.1 Å². The summed E-state index contributed by atoms with van der Waals surface area (Å²) in [5, 5.41) is 8.51. The maximum atomic E-state index is 11.5. The zero-order valence-electron chi connectivity index (χ0n) is 14.6. The third-order valence-corrected chi connectivity index (χ3v) is 4.64. The fourth-order valence-corrected chi connectivity index (χ4v) is 3.19. The summed E-state index contributed by atoms with van der Waals surface area (Å²) in [4.78, 5) is 20.6. The number of aromatic nitrogens is 2. The smallest absolute Gasteiger partial charge is 0.337 e. The molecule has 2 aromatic heterocycles. The highest BCUT2D eigenvalue weighted by Crippen LogP contribution is 2.27. The predicted octanol–water partition coefficient (Wildman–Crippen LogP) is 3.15. The van der Waals surface area contributed by atoms with Crippen LogP contribution in [0.25, 0.3) is 10.2 Å². The molecule has 26 heavy (non-hydrogen) atoms. The van der Waals surface area contributed by atoms with Crippen LogP contribution >= 0.6 is 11.3 Å². The number of thiophene rings is 1. The second-order valence-corrected chi connectivity index (χ2v) is 6.41. The molecule has 3 rings (SSSR count). The van der Waals surface area contributed by atoms with E-state index in [-0.39, 0.29) is 5.97 Å². The number of hydrogen-bond acceptors (Lipinski definition) is 8. The van der Waals surface area contributed by atoms with Crippen LogP contribution in [0.1, 0.15) is 15.9 Å². The molecule has 0 atom stereocenters. The minimum absolute atomic E-state index is 0.340. The summed E-state index contributed by atoms with van der Waals surface area (Å²) in [6.07, 6.45) is 0. The van der Waals surface area contributed by atoms with Crippen molar-refractivity contribution in [1.82, 2.24) is 9.97 Å². The van der Waals surface area contributed by atoms with Gasteiger partial charge in [-0.3, -0.25) is 0 Å². The second kappa shape index (κ2) is 8.59. The summed E-state index contributed by atoms with van der Waals surface area (Å²) >= 11 is 1.59. The topological polar surface area (TPSA) is 85.4 Å². The molecule has 3 aromatic rings. The maximum absolute atomic E-state index is 11.5. The third-order valence-electron chi connectivity index (χ3n) is 3.73. The highest BCUT2D eigenvalue weighted by molar-refractivity contribution is 7.17. The lowest BCUT2D eigenvalue weighted by atomic mass is 10.1. The highest BCUT2D eigenvalue weighted by Gasteiger charge is 2.09. The molecule has 0 aliphatic carbocycles. The van der Waals surface area contributed by atoms with E-state index < -0.39 is 0 Å². The van der Waals surface area contributed by atoms with Crippen molar-refractivity contribution >= 4 is 39.3 Å². The van der Waals surface area contributed by atoms with Gasteiger partial charge in [0.05, 0.1) is 29.5 Å². The van der Waals surface area contributed by atoms with E-state index in [1.165, 1.54) is 7.11 Å². The van der Waals surface area contributed by atoms with Crippen molar-refractivity contribution in [3.63, 3.8) is 0 Å². The fourth-order valence-electron chi connectivity index (χ4n) is 2.39. The number of methoxy groups -OCH3 is 2. The molecule has 0 fully saturated rings. The molecule has 8 heteroatoms. The first-order valence-electron chi connectivity index (χ1n) is 8.10. The molecule has 0 unspecified atom stereocenters. The first-order valence-corrected chi connectivity index (χ1v) is 8.98. The van der Waals surface area contributed by atoms with Gasteiger partial charge in [-0.05, 0) is 29.1 Å². The quantitative estimate of drug-likeness (QED) is 0.464. The minimum Gasteiger partial charge on any atom is -0.465 e. The van der Waals surface area contributed by atoms with E-state index in [0.717, 1.165) is 21.6 Å². The Balaban J connectivity index is 1.73. The molecule has 0 bridgehead atoms. The zero-order valence-corrected chi connectivity index (χ0v) is 15.4. The zero-order chi connectivity index (χ0) is 18.4. The van der Waals surface area contributed by atoms with Gasteiger partial charge in [0.1, 0.15) is 5.82 Å². The number of benzene rings is 1. The van der Waals surface area contributed by atoms with E-state index in [9.17, 15) is 4.79 Å². The van der Waals surface area contributed by atoms with Gasteiger partial charge in [-0.1, -0.05) is 12.1 Å². The molecule has 0 radical (unpaired) electrons. The molecule has 0 aliphatic heterocycles. The fraction of sp³-hybridized carbons (Fsp3) is 0.278. The maximum Gasteiger partial charge on any atom is 0.337 e. The van der Waals surface area contributed by atoms with Crippen LogP contribution in [0.4, 0.5) is 11.8 Å². The Labute approximate surface area is 155 Å². The average Bonchev–Trinajstić information content (AvgIpc) is 3.15. The number of anilines is 2. The SMILES string of the molecule is COCCNc1nc(NCc2ccc(C(=O)OC)cc2)c2sccc2n1. The lowest BCUT2D eigenvalue weighted by molar-refractivity contribution is 0.0600. The summed E-state index contributed by atoms with van der Waals surface area (Å²) in [5.74, 6) is 1.01. The van der Waals surface area contributed by atoms with Crippen molar-refractivity contribution in [2.45, 2.75) is 6.54 Å². The predicted molar refractivity (Wildman–Crippen MR) is 103 cm³/mol. The van der Waals surface area contributed by atoms with E-state index in [2.05, 4.69) is 20.6 Å². The lowest BCUT2D eigenvalue weighted by Crippen LogP contribution is -2.11. The minimum atomic E-state index is -0.340. The molecule has 2 heterocycles. The van der Waals surface area contributed by atoms with E-state index in [0.29, 0.717) is 31.2 Å². The number of nitrogens with one attached hydrogen (secondary N) is 2. The van der Waals surface area contributed by atoms with Crippen LogP contribution < -0.4 is 10.6 Å². The Hall–Kier alpha value is -2.71. The van der Waals surface area contributed by atoms with Crippen LogP contribution in [0, 0.1) is 0 Å². The summed E-state index contributed by atoms with van der Waals surface area (Å²) in [5.41, 5.74) is 2.46. The standard InChI is InChI=1S/C18H20N4O3S/c1-24-9-8-19-18-21-14-7-10-26-15(14)16(22-18)20-11-12-3-5-13(6-4-12)17(23)25-2/h3-7,10H,8-9,11H2,1-2H3,(H2,19,20,21,22). The van der Waals surface area contributed by atoms with Crippen molar-refractivity contribution in [2.24, 2.45) is 0 Å². The van der Waals surface area contributed by atoms with Crippen LogP contribution in [0.3, 0.4) is 0 Å². The molecule has 0 saturated heterocycles. The number of nitrogens with zero attached hydrogens (tertiary/aromatic N) is 2. The largest absolute Gasteiger partial charge is 0.465 e. The molecule has 0 aliphatic rings. The molecular weight excluding hydrogens is 352 g/mol. The number of rotatable bonds is 8. The van der Waals surface area contributed by atoms with E-state index in [1.54, 1.807) is 30.6 Å². The second-order valence-electron chi connectivity index (χ2n) is 5.49. The van der Waals surface area contributed by atoms with Gasteiger partial charge in [0.15, 0.2) is 0 Å². The van der Waals surface area contributed by atoms with Crippen LogP contribution in [0.2, 0.25) is 0 Å². The van der Waals surface area contributed by atoms with Crippen molar-refractivity contribution in [1.29, 1.82) is 0 Å². The molecular formula is C18H20N4O3S. The monoisotopic (exact) mass is 372 g/mol. The van der Waals surface area contributed by atoms with Crippen molar-refractivity contribution in [3.8, 4) is 0 Å². The van der Waals surface area contributed by atoms with Crippen molar-refractivity contribution < 1.29 is 14.3 Å². The number of hydrogen-bond donors (Lipinski definition) is 2. The number of esters is 1. The van der Waals surface area contributed by atoms with Gasteiger partial charge >= 0.3 is 5.97 Å². The number of carbonyl (C=O) groups excluding carboxylic acids is 1. The average molecular weight is 372 g/mol. The van der Waals surface area contributed by atoms with Gasteiger partial charge in [0, 0.05) is 20.2 Å². The van der Waals surface area contributed by atoms with Crippen LogP contribution in [0.5, 0.6) is 0 Å². The highest BCUT2D eigenvalue weighted by atomic mass is 32.1. The van der Waals surface area contributed by atoms with Crippen LogP contribution in [-0.2, 0) is 16.0 Å². The van der Waals surface area contributed by atoms with Crippen molar-refractivity contribution in [2.75, 3.05) is 38.0 Å². The first kappa shape index (κ1) is 18.1. The van der Waals surface area contributed by atoms with E-state index in [1.807, 2.05) is 23.6 Å². The summed E-state index contributed by atoms with van der Waals surface area (Å²) in [6, 6.07) is 9.26. The molecule has 7 nitrogen and oxygen atoms in total. The van der Waals surface area contributed by atoms with Gasteiger partial charge in [0.2, 0.25) is 5.95 Å². The van der Waals surface area contributed by atoms with Crippen molar-refractivity contribution in [3.05, 3.63) is 46.8 Å². The Morgan fingerprint density at radius 1 is 1.12 bits per heavy atom. The normalized spacial score (nSPS) is 10.7. The van der Waals surface area contributed by atoms with Crippen LogP contribution in [0.15, 0.2) is 35.7 Å². The number of carbonyl (C=O) groups is 1. The van der Waals surface area contributed by atoms with Gasteiger partial charge in [-0.2, -0.15) is 4.98 Å². The Morgan fingerprint density at radius 3 is 2.65 bits per heavy atom. The molecule has 0 amide bonds. The summed E-state index contributed by atoms with van der Waals surface area (Å²) < 4.78 is 10.8.